The quantitative estimate of drug-likeness (QED) is 0.837. The van der Waals surface area contributed by atoms with Crippen LogP contribution in [0.1, 0.15) is 44.2 Å². The molecule has 3 fully saturated rings. The van der Waals surface area contributed by atoms with E-state index in [0.29, 0.717) is 29.8 Å². The van der Waals surface area contributed by atoms with Crippen molar-refractivity contribution in [3.63, 3.8) is 0 Å². The number of carbonyl (C=O) groups is 1. The number of hydrogen-bond donors (Lipinski definition) is 0. The minimum atomic E-state index is 0.413. The Hall–Kier alpha value is -1.35. The number of fused-ring (bicyclic) bond motifs is 4. The normalized spacial score (nSPS) is 33.4. The Balaban J connectivity index is 1.52. The van der Waals surface area contributed by atoms with Crippen molar-refractivity contribution in [2.24, 2.45) is 11.8 Å². The Bertz CT molecular complexity index is 544. The van der Waals surface area contributed by atoms with E-state index in [4.69, 9.17) is 0 Å². The van der Waals surface area contributed by atoms with E-state index in [-0.39, 0.29) is 0 Å². The predicted octanol–water partition coefficient (Wildman–Crippen LogP) is 3.08. The molecule has 3 heterocycles. The third kappa shape index (κ3) is 2.45. The van der Waals surface area contributed by atoms with Crippen LogP contribution in [-0.4, -0.2) is 41.4 Å². The highest BCUT2D eigenvalue weighted by atomic mass is 16.2. The van der Waals surface area contributed by atoms with Gasteiger partial charge in [-0.3, -0.25) is 9.69 Å². The van der Waals surface area contributed by atoms with E-state index in [9.17, 15) is 4.79 Å². The van der Waals surface area contributed by atoms with Gasteiger partial charge in [-0.25, -0.2) is 0 Å². The second kappa shape index (κ2) is 5.69. The van der Waals surface area contributed by atoms with Crippen molar-refractivity contribution in [3.8, 4) is 0 Å². The summed E-state index contributed by atoms with van der Waals surface area (Å²) in [4.78, 5) is 17.1. The summed E-state index contributed by atoms with van der Waals surface area (Å²) in [6.07, 6.45) is 4.42. The maximum atomic E-state index is 12.2. The van der Waals surface area contributed by atoms with Gasteiger partial charge in [-0.1, -0.05) is 30.3 Å². The van der Waals surface area contributed by atoms with E-state index >= 15 is 0 Å². The van der Waals surface area contributed by atoms with Gasteiger partial charge in [0, 0.05) is 38.1 Å². The number of likely N-dealkylation sites (tertiary alicyclic amines) is 1. The van der Waals surface area contributed by atoms with Gasteiger partial charge in [0.15, 0.2) is 0 Å². The number of benzene rings is 1. The molecule has 0 spiro atoms. The van der Waals surface area contributed by atoms with E-state index in [1.54, 1.807) is 0 Å². The second-order valence-corrected chi connectivity index (χ2v) is 7.41. The van der Waals surface area contributed by atoms with Crippen molar-refractivity contribution < 1.29 is 4.79 Å². The van der Waals surface area contributed by atoms with E-state index in [2.05, 4.69) is 47.1 Å². The van der Waals surface area contributed by atoms with Crippen molar-refractivity contribution in [1.82, 2.24) is 9.80 Å². The Morgan fingerprint density at radius 2 is 1.95 bits per heavy atom. The first-order valence-corrected chi connectivity index (χ1v) is 8.81. The molecule has 3 heteroatoms. The Morgan fingerprint density at radius 1 is 1.14 bits per heavy atom. The first kappa shape index (κ1) is 14.3. The number of piperidine rings is 3. The lowest BCUT2D eigenvalue weighted by Gasteiger charge is -2.53. The van der Waals surface area contributed by atoms with Crippen molar-refractivity contribution in [3.05, 3.63) is 35.9 Å². The van der Waals surface area contributed by atoms with Gasteiger partial charge in [0.2, 0.25) is 5.91 Å². The van der Waals surface area contributed by atoms with Crippen LogP contribution in [0, 0.1) is 11.8 Å². The molecule has 0 aromatic heterocycles. The van der Waals surface area contributed by atoms with Crippen LogP contribution in [0.15, 0.2) is 30.3 Å². The topological polar surface area (TPSA) is 23.6 Å². The molecule has 4 rings (SSSR count). The van der Waals surface area contributed by atoms with Crippen LogP contribution in [0.25, 0.3) is 0 Å². The molecule has 22 heavy (non-hydrogen) atoms. The van der Waals surface area contributed by atoms with Gasteiger partial charge in [0.25, 0.3) is 0 Å². The zero-order valence-electron chi connectivity index (χ0n) is 13.4. The molecule has 1 aromatic carbocycles. The fourth-order valence-corrected chi connectivity index (χ4v) is 4.91. The largest absolute Gasteiger partial charge is 0.339 e. The summed E-state index contributed by atoms with van der Waals surface area (Å²) in [5.41, 5.74) is 1.42. The average Bonchev–Trinajstić information content (AvgIpc) is 2.56. The van der Waals surface area contributed by atoms with E-state index in [1.165, 1.54) is 18.4 Å². The van der Waals surface area contributed by atoms with Crippen LogP contribution in [0.2, 0.25) is 0 Å². The lowest BCUT2D eigenvalue weighted by atomic mass is 9.75. The molecular weight excluding hydrogens is 272 g/mol. The molecule has 1 amide bonds. The summed E-state index contributed by atoms with van der Waals surface area (Å²) in [5.74, 6) is 1.77. The van der Waals surface area contributed by atoms with Gasteiger partial charge in [-0.05, 0) is 43.6 Å². The molecule has 2 bridgehead atoms. The van der Waals surface area contributed by atoms with Crippen LogP contribution in [-0.2, 0) is 4.79 Å². The standard InChI is InChI=1S/C19H26N2O/c1-14(16-6-3-2-4-7-16)20-11-15-10-17(13-20)18-8-5-9-19(22)21(18)12-15/h2-4,6-7,14-15,17-18H,5,8-13H2,1H3/t14?,15-,17-,18-/m0/s1. The predicted molar refractivity (Wildman–Crippen MR) is 87.4 cm³/mol. The van der Waals surface area contributed by atoms with Gasteiger partial charge in [0.1, 0.15) is 0 Å². The van der Waals surface area contributed by atoms with Gasteiger partial charge in [-0.2, -0.15) is 0 Å². The van der Waals surface area contributed by atoms with E-state index in [1.807, 2.05) is 0 Å². The SMILES string of the molecule is CC(c1ccccc1)N1C[C@@H]2C[C@@H](C1)[C@@H]1CCCC(=O)N1C2. The third-order valence-corrected chi connectivity index (χ3v) is 6.04. The van der Waals surface area contributed by atoms with Crippen LogP contribution in [0.5, 0.6) is 0 Å². The zero-order chi connectivity index (χ0) is 15.1. The van der Waals surface area contributed by atoms with Gasteiger partial charge in [0.05, 0.1) is 0 Å². The highest BCUT2D eigenvalue weighted by Crippen LogP contribution is 2.40. The summed E-state index contributed by atoms with van der Waals surface area (Å²) in [6.45, 7) is 5.63. The molecular formula is C19H26N2O. The molecule has 0 saturated carbocycles. The Labute approximate surface area is 133 Å². The van der Waals surface area contributed by atoms with Crippen molar-refractivity contribution in [2.45, 2.75) is 44.7 Å². The molecule has 0 aliphatic carbocycles. The molecule has 3 saturated heterocycles. The van der Waals surface area contributed by atoms with Crippen molar-refractivity contribution in [2.75, 3.05) is 19.6 Å². The summed E-state index contributed by atoms with van der Waals surface area (Å²) in [6, 6.07) is 11.8. The minimum Gasteiger partial charge on any atom is -0.339 e. The van der Waals surface area contributed by atoms with Crippen molar-refractivity contribution >= 4 is 5.91 Å². The fourth-order valence-electron chi connectivity index (χ4n) is 4.91. The van der Waals surface area contributed by atoms with Crippen LogP contribution >= 0.6 is 0 Å². The number of hydrogen-bond acceptors (Lipinski definition) is 2. The second-order valence-electron chi connectivity index (χ2n) is 7.41. The lowest BCUT2D eigenvalue weighted by molar-refractivity contribution is -0.145. The number of amides is 1. The lowest BCUT2D eigenvalue weighted by Crippen LogP contribution is -2.60. The monoisotopic (exact) mass is 298 g/mol. The first-order chi connectivity index (χ1) is 10.7. The zero-order valence-corrected chi connectivity index (χ0v) is 13.4. The molecule has 0 radical (unpaired) electrons. The third-order valence-electron chi connectivity index (χ3n) is 6.04. The molecule has 1 unspecified atom stereocenters. The maximum absolute atomic E-state index is 12.2. The Morgan fingerprint density at radius 3 is 2.77 bits per heavy atom. The summed E-state index contributed by atoms with van der Waals surface area (Å²) < 4.78 is 0. The van der Waals surface area contributed by atoms with E-state index in [0.717, 1.165) is 32.5 Å². The molecule has 3 aliphatic heterocycles. The number of carbonyl (C=O) groups excluding carboxylic acids is 1. The molecule has 0 N–H and O–H groups in total. The molecule has 118 valence electrons. The first-order valence-electron chi connectivity index (χ1n) is 8.81. The highest BCUT2D eigenvalue weighted by molar-refractivity contribution is 5.77. The molecule has 3 aliphatic rings. The fraction of sp³-hybridized carbons (Fsp3) is 0.632. The van der Waals surface area contributed by atoms with Gasteiger partial charge in [-0.15, -0.1) is 0 Å². The Kier molecular flexibility index (Phi) is 3.69. The van der Waals surface area contributed by atoms with Gasteiger partial charge < -0.3 is 4.90 Å². The minimum absolute atomic E-state index is 0.413. The smallest absolute Gasteiger partial charge is 0.222 e. The molecule has 1 aromatic rings. The van der Waals surface area contributed by atoms with Crippen LogP contribution < -0.4 is 0 Å². The van der Waals surface area contributed by atoms with E-state index < -0.39 is 0 Å². The molecule has 3 nitrogen and oxygen atoms in total. The van der Waals surface area contributed by atoms with Crippen LogP contribution in [0.3, 0.4) is 0 Å². The maximum Gasteiger partial charge on any atom is 0.222 e. The number of rotatable bonds is 2. The summed E-state index contributed by atoms with van der Waals surface area (Å²) >= 11 is 0. The van der Waals surface area contributed by atoms with Crippen molar-refractivity contribution in [1.29, 1.82) is 0 Å². The highest BCUT2D eigenvalue weighted by Gasteiger charge is 2.44. The summed E-state index contributed by atoms with van der Waals surface area (Å²) in [7, 11) is 0. The average molecular weight is 298 g/mol. The molecule has 4 atom stereocenters. The van der Waals surface area contributed by atoms with Crippen LogP contribution in [0.4, 0.5) is 0 Å². The van der Waals surface area contributed by atoms with Gasteiger partial charge >= 0.3 is 0 Å². The summed E-state index contributed by atoms with van der Waals surface area (Å²) in [5, 5.41) is 0. The number of nitrogens with zero attached hydrogens (tertiary/aromatic N) is 2.